The van der Waals surface area contributed by atoms with E-state index in [4.69, 9.17) is 4.74 Å². The molecule has 8 heteroatoms. The number of fused-ring (bicyclic) bond motifs is 2. The summed E-state index contributed by atoms with van der Waals surface area (Å²) >= 11 is 1.62. The van der Waals surface area contributed by atoms with E-state index in [2.05, 4.69) is 44.6 Å². The van der Waals surface area contributed by atoms with Gasteiger partial charge in [0, 0.05) is 24.7 Å². The largest absolute Gasteiger partial charge is 0.444 e. The van der Waals surface area contributed by atoms with Crippen molar-refractivity contribution in [3.05, 3.63) is 47.8 Å². The van der Waals surface area contributed by atoms with Gasteiger partial charge >= 0.3 is 6.09 Å². The molecule has 1 amide bonds. The van der Waals surface area contributed by atoms with Gasteiger partial charge in [0.05, 0.1) is 12.2 Å². The molecule has 2 aliphatic rings. The van der Waals surface area contributed by atoms with E-state index < -0.39 is 5.60 Å². The number of alkyl carbamates (subject to hydrolysis) is 1. The quantitative estimate of drug-likeness (QED) is 0.666. The smallest absolute Gasteiger partial charge is 0.408 e. The fraction of sp³-hybridized carbons (Fsp3) is 0.500. The molecule has 7 nitrogen and oxygen atoms in total. The Hall–Kier alpha value is -2.61. The Bertz CT molecular complexity index is 1050. The molecule has 1 fully saturated rings. The van der Waals surface area contributed by atoms with Crippen LogP contribution in [0.2, 0.25) is 0 Å². The number of aromatic nitrogens is 3. The van der Waals surface area contributed by atoms with Gasteiger partial charge < -0.3 is 15.0 Å². The van der Waals surface area contributed by atoms with Gasteiger partial charge in [-0.2, -0.15) is 0 Å². The number of hydrogen-bond donors (Lipinski definition) is 1. The van der Waals surface area contributed by atoms with E-state index in [0.717, 1.165) is 42.4 Å². The molecule has 3 aromatic rings. The van der Waals surface area contributed by atoms with E-state index >= 15 is 0 Å². The van der Waals surface area contributed by atoms with Crippen molar-refractivity contribution in [1.29, 1.82) is 0 Å². The zero-order valence-electron chi connectivity index (χ0n) is 17.6. The second-order valence-electron chi connectivity index (χ2n) is 9.34. The molecule has 2 aromatic heterocycles. The number of amides is 1. The van der Waals surface area contributed by atoms with Gasteiger partial charge in [-0.05, 0) is 51.2 Å². The van der Waals surface area contributed by atoms with Crippen molar-refractivity contribution >= 4 is 27.5 Å². The summed E-state index contributed by atoms with van der Waals surface area (Å²) in [5.74, 6) is 0. The van der Waals surface area contributed by atoms with Crippen molar-refractivity contribution in [2.75, 3.05) is 18.0 Å². The molecular formula is C22H27N5O2S. The number of carbonyl (C=O) groups is 1. The van der Waals surface area contributed by atoms with Crippen LogP contribution in [-0.4, -0.2) is 39.4 Å². The summed E-state index contributed by atoms with van der Waals surface area (Å²) in [6.45, 7) is 7.52. The topological polar surface area (TPSA) is 71.8 Å². The lowest BCUT2D eigenvalue weighted by Crippen LogP contribution is -2.47. The lowest BCUT2D eigenvalue weighted by molar-refractivity contribution is 0.0428. The fourth-order valence-electron chi connectivity index (χ4n) is 4.81. The Kier molecular flexibility index (Phi) is 4.50. The number of carbonyl (C=O) groups excluding carboxylic acids is 1. The minimum atomic E-state index is -0.513. The Morgan fingerprint density at radius 1 is 1.27 bits per heavy atom. The third kappa shape index (κ3) is 3.43. The minimum absolute atomic E-state index is 0.00843. The van der Waals surface area contributed by atoms with E-state index in [0.29, 0.717) is 0 Å². The van der Waals surface area contributed by atoms with E-state index in [1.165, 1.54) is 11.1 Å². The maximum Gasteiger partial charge on any atom is 0.408 e. The number of imidazole rings is 1. The number of anilines is 1. The lowest BCUT2D eigenvalue weighted by atomic mass is 9.73. The van der Waals surface area contributed by atoms with E-state index in [1.54, 1.807) is 17.5 Å². The Morgan fingerprint density at radius 3 is 2.77 bits per heavy atom. The highest BCUT2D eigenvalue weighted by Gasteiger charge is 2.48. The maximum absolute atomic E-state index is 12.6. The van der Waals surface area contributed by atoms with Crippen molar-refractivity contribution in [2.24, 2.45) is 5.41 Å². The molecule has 0 saturated carbocycles. The first kappa shape index (κ1) is 19.4. The molecule has 1 aromatic carbocycles. The Labute approximate surface area is 180 Å². The number of piperidine rings is 1. The summed E-state index contributed by atoms with van der Waals surface area (Å²) in [6, 6.07) is 8.45. The predicted molar refractivity (Wildman–Crippen MR) is 117 cm³/mol. The summed E-state index contributed by atoms with van der Waals surface area (Å²) in [7, 11) is 0. The van der Waals surface area contributed by atoms with Crippen LogP contribution < -0.4 is 10.2 Å². The van der Waals surface area contributed by atoms with Crippen LogP contribution in [0.3, 0.4) is 0 Å². The van der Waals surface area contributed by atoms with Crippen LogP contribution in [0.25, 0.3) is 4.96 Å². The van der Waals surface area contributed by atoms with Crippen LogP contribution in [0.4, 0.5) is 9.93 Å². The molecule has 0 unspecified atom stereocenters. The van der Waals surface area contributed by atoms with Gasteiger partial charge in [0.1, 0.15) is 5.60 Å². The summed E-state index contributed by atoms with van der Waals surface area (Å²) in [6.07, 6.45) is 6.28. The zero-order valence-corrected chi connectivity index (χ0v) is 18.4. The third-order valence-electron chi connectivity index (χ3n) is 6.18. The van der Waals surface area contributed by atoms with E-state index in [1.807, 2.05) is 31.5 Å². The average molecular weight is 426 g/mol. The fourth-order valence-corrected chi connectivity index (χ4v) is 5.72. The maximum atomic E-state index is 12.6. The van der Waals surface area contributed by atoms with Gasteiger partial charge in [-0.25, -0.2) is 14.3 Å². The summed E-state index contributed by atoms with van der Waals surface area (Å²) < 4.78 is 7.42. The number of rotatable bonds is 2. The number of nitrogens with zero attached hydrogens (tertiary/aromatic N) is 4. The molecule has 1 atom stereocenters. The highest BCUT2D eigenvalue weighted by atomic mass is 32.1. The molecule has 1 saturated heterocycles. The highest BCUT2D eigenvalue weighted by Crippen LogP contribution is 2.52. The molecule has 30 heavy (non-hydrogen) atoms. The van der Waals surface area contributed by atoms with Crippen molar-refractivity contribution in [3.8, 4) is 0 Å². The van der Waals surface area contributed by atoms with Gasteiger partial charge in [0.2, 0.25) is 10.1 Å². The molecule has 1 N–H and O–H groups in total. The Morgan fingerprint density at radius 2 is 2.03 bits per heavy atom. The first-order valence-electron chi connectivity index (χ1n) is 10.5. The van der Waals surface area contributed by atoms with E-state index in [-0.39, 0.29) is 17.6 Å². The average Bonchev–Trinajstić information content (AvgIpc) is 3.34. The molecule has 3 heterocycles. The van der Waals surface area contributed by atoms with Crippen LogP contribution in [-0.2, 0) is 11.2 Å². The molecular weight excluding hydrogens is 398 g/mol. The summed E-state index contributed by atoms with van der Waals surface area (Å²) in [5.41, 5.74) is 2.06. The Balaban J connectivity index is 1.37. The third-order valence-corrected chi connectivity index (χ3v) is 7.17. The van der Waals surface area contributed by atoms with Crippen LogP contribution in [0.1, 0.15) is 50.8 Å². The minimum Gasteiger partial charge on any atom is -0.444 e. The number of nitrogens with one attached hydrogen (secondary N) is 1. The van der Waals surface area contributed by atoms with Gasteiger partial charge in [0.15, 0.2) is 0 Å². The van der Waals surface area contributed by atoms with Crippen LogP contribution in [0.15, 0.2) is 36.7 Å². The molecule has 1 aliphatic carbocycles. The molecule has 0 radical (unpaired) electrons. The van der Waals surface area contributed by atoms with Gasteiger partial charge in [-0.15, -0.1) is 5.10 Å². The second kappa shape index (κ2) is 6.97. The van der Waals surface area contributed by atoms with Crippen molar-refractivity contribution in [2.45, 2.75) is 51.7 Å². The zero-order chi connectivity index (χ0) is 20.9. The normalized spacial score (nSPS) is 20.5. The summed E-state index contributed by atoms with van der Waals surface area (Å²) in [4.78, 5) is 20.2. The van der Waals surface area contributed by atoms with Crippen molar-refractivity contribution in [3.63, 3.8) is 0 Å². The van der Waals surface area contributed by atoms with Gasteiger partial charge in [0.25, 0.3) is 0 Å². The van der Waals surface area contributed by atoms with Crippen LogP contribution in [0, 0.1) is 5.41 Å². The first-order valence-corrected chi connectivity index (χ1v) is 11.3. The van der Waals surface area contributed by atoms with Gasteiger partial charge in [-0.3, -0.25) is 0 Å². The molecule has 158 valence electrons. The van der Waals surface area contributed by atoms with Crippen LogP contribution in [0.5, 0.6) is 0 Å². The van der Waals surface area contributed by atoms with Crippen molar-refractivity contribution in [1.82, 2.24) is 19.9 Å². The van der Waals surface area contributed by atoms with Gasteiger partial charge in [-0.1, -0.05) is 35.6 Å². The predicted octanol–water partition coefficient (Wildman–Crippen LogP) is 4.20. The number of hydrogen-bond acceptors (Lipinski definition) is 6. The first-order chi connectivity index (χ1) is 14.3. The van der Waals surface area contributed by atoms with E-state index in [9.17, 15) is 4.79 Å². The molecule has 1 aliphatic heterocycles. The monoisotopic (exact) mass is 425 g/mol. The van der Waals surface area contributed by atoms with Crippen LogP contribution >= 0.6 is 11.3 Å². The lowest BCUT2D eigenvalue weighted by Gasteiger charge is -2.43. The van der Waals surface area contributed by atoms with Crippen molar-refractivity contribution < 1.29 is 9.53 Å². The summed E-state index contributed by atoms with van der Waals surface area (Å²) in [5, 5.41) is 8.90. The number of ether oxygens (including phenoxy) is 1. The molecule has 0 bridgehead atoms. The SMILES string of the molecule is CC(C)(C)OC(=O)N[C@@H]1c2ccccc2CC12CCN(c1nn3ccnc3s1)CC2. The molecule has 5 rings (SSSR count). The number of benzene rings is 1. The highest BCUT2D eigenvalue weighted by molar-refractivity contribution is 7.20. The second-order valence-corrected chi connectivity index (χ2v) is 10.3. The standard InChI is InChI=1S/C22H27N5O2S/c1-21(2,3)29-20(28)24-17-16-7-5-4-6-15(16)14-22(17)8-11-26(12-9-22)19-25-27-13-10-23-18(27)30-19/h4-7,10,13,17H,8-9,11-12,14H2,1-3H3,(H,24,28)/t17-/m1/s1. The molecule has 1 spiro atoms.